The number of Topliss-reactive ketones (excluding diaryl/α,β-unsaturated/α-hetero) is 2. The molecule has 4 amide bonds. The van der Waals surface area contributed by atoms with E-state index in [0.717, 1.165) is 37.7 Å². The summed E-state index contributed by atoms with van der Waals surface area (Å²) >= 11 is 0. The second-order valence-electron chi connectivity index (χ2n) is 18.1. The third-order valence-electron chi connectivity index (χ3n) is 11.8. The van der Waals surface area contributed by atoms with E-state index in [4.69, 9.17) is 0 Å². The standard InChI is InChI=1S/C41H60N4O7S/c1-8-9-18-30(46)34(47)29(23-26-19-20-26)42-36(48)33-32-28(31(32)27-16-12-10-13-17-27)24-45(33)37(49)35(39(2,3)4)43-38(50)44-41(21-14-11-15-22-41)25-53(51,52)40(5,6)7/h8,10,12-13,16-17,26,28-29,31-33,35H,1,9,11,14-15,18-25H2,2-7H3,(H,42,48)(H2,43,44,50)/t28-,29?,31+,32-,33+,35-/m1/s1. The highest BCUT2D eigenvalue weighted by Crippen LogP contribution is 2.61. The van der Waals surface area contributed by atoms with Crippen LogP contribution in [0.2, 0.25) is 0 Å². The molecule has 0 bridgehead atoms. The van der Waals surface area contributed by atoms with Crippen molar-refractivity contribution in [3.05, 3.63) is 48.6 Å². The summed E-state index contributed by atoms with van der Waals surface area (Å²) < 4.78 is 25.8. The minimum atomic E-state index is -3.58. The van der Waals surface area contributed by atoms with Crippen molar-refractivity contribution >= 4 is 39.2 Å². The number of allylic oxidation sites excluding steroid dienone is 1. The molecule has 292 valence electrons. The zero-order valence-electron chi connectivity index (χ0n) is 32.4. The summed E-state index contributed by atoms with van der Waals surface area (Å²) in [6.07, 6.45) is 7.75. The van der Waals surface area contributed by atoms with Crippen molar-refractivity contribution in [3.8, 4) is 0 Å². The average Bonchev–Trinajstić information content (AvgIpc) is 4.00. The van der Waals surface area contributed by atoms with Crippen molar-refractivity contribution in [1.29, 1.82) is 0 Å². The van der Waals surface area contributed by atoms with Gasteiger partial charge >= 0.3 is 6.03 Å². The molecular weight excluding hydrogens is 693 g/mol. The van der Waals surface area contributed by atoms with Gasteiger partial charge in [0.1, 0.15) is 12.1 Å². The molecular formula is C41H60N4O7S. The molecule has 3 saturated carbocycles. The number of piperidine rings is 1. The van der Waals surface area contributed by atoms with Crippen LogP contribution >= 0.6 is 0 Å². The van der Waals surface area contributed by atoms with Crippen LogP contribution in [0.15, 0.2) is 43.0 Å². The second-order valence-corrected chi connectivity index (χ2v) is 20.8. The van der Waals surface area contributed by atoms with Crippen LogP contribution in [-0.4, -0.2) is 83.4 Å². The number of likely N-dealkylation sites (tertiary alicyclic amines) is 1. The van der Waals surface area contributed by atoms with Crippen molar-refractivity contribution in [2.45, 2.75) is 140 Å². The Morgan fingerprint density at radius 2 is 1.60 bits per heavy atom. The average molecular weight is 753 g/mol. The van der Waals surface area contributed by atoms with Crippen LogP contribution in [0, 0.1) is 23.2 Å². The smallest absolute Gasteiger partial charge is 0.315 e. The fourth-order valence-electron chi connectivity index (χ4n) is 8.37. The topological polar surface area (TPSA) is 159 Å². The van der Waals surface area contributed by atoms with E-state index in [1.165, 1.54) is 0 Å². The van der Waals surface area contributed by atoms with Gasteiger partial charge in [0.25, 0.3) is 0 Å². The van der Waals surface area contributed by atoms with E-state index in [1.54, 1.807) is 31.7 Å². The number of ketones is 2. The number of carbonyl (C=O) groups excluding carboxylic acids is 5. The molecule has 3 N–H and O–H groups in total. The van der Waals surface area contributed by atoms with E-state index in [9.17, 15) is 32.4 Å². The molecule has 12 heteroatoms. The largest absolute Gasteiger partial charge is 0.344 e. The lowest BCUT2D eigenvalue weighted by atomic mass is 9.83. The first-order valence-electron chi connectivity index (χ1n) is 19.4. The fraction of sp³-hybridized carbons (Fsp3) is 0.683. The molecule has 0 aromatic heterocycles. The van der Waals surface area contributed by atoms with Gasteiger partial charge in [-0.3, -0.25) is 19.2 Å². The Labute approximate surface area is 315 Å². The van der Waals surface area contributed by atoms with Crippen LogP contribution in [0.3, 0.4) is 0 Å². The van der Waals surface area contributed by atoms with E-state index in [0.29, 0.717) is 32.2 Å². The minimum absolute atomic E-state index is 0.00599. The maximum absolute atomic E-state index is 14.7. The van der Waals surface area contributed by atoms with Gasteiger partial charge in [0.15, 0.2) is 9.84 Å². The quantitative estimate of drug-likeness (QED) is 0.163. The van der Waals surface area contributed by atoms with Gasteiger partial charge in [0.2, 0.25) is 23.4 Å². The number of nitrogens with one attached hydrogen (secondary N) is 3. The third kappa shape index (κ3) is 9.41. The Kier molecular flexibility index (Phi) is 12.0. The molecule has 6 atom stereocenters. The Morgan fingerprint density at radius 1 is 0.962 bits per heavy atom. The number of benzene rings is 1. The van der Waals surface area contributed by atoms with Crippen LogP contribution < -0.4 is 16.0 Å². The molecule has 3 aliphatic carbocycles. The molecule has 1 aromatic rings. The number of hydrogen-bond acceptors (Lipinski definition) is 7. The Hall–Kier alpha value is -3.54. The molecule has 0 spiro atoms. The van der Waals surface area contributed by atoms with Gasteiger partial charge in [-0.1, -0.05) is 89.3 Å². The monoisotopic (exact) mass is 752 g/mol. The molecule has 11 nitrogen and oxygen atoms in total. The fourth-order valence-corrected chi connectivity index (χ4v) is 9.89. The van der Waals surface area contributed by atoms with Crippen LogP contribution in [0.25, 0.3) is 0 Å². The van der Waals surface area contributed by atoms with Gasteiger partial charge < -0.3 is 20.9 Å². The van der Waals surface area contributed by atoms with E-state index in [2.05, 4.69) is 22.5 Å². The number of urea groups is 1. The lowest BCUT2D eigenvalue weighted by molar-refractivity contribution is -0.144. The Balaban J connectivity index is 1.39. The molecule has 1 aromatic carbocycles. The van der Waals surface area contributed by atoms with Crippen LogP contribution in [-0.2, 0) is 29.0 Å². The van der Waals surface area contributed by atoms with Gasteiger partial charge in [0, 0.05) is 18.9 Å². The van der Waals surface area contributed by atoms with E-state index in [-0.39, 0.29) is 35.8 Å². The molecule has 1 heterocycles. The molecule has 1 unspecified atom stereocenters. The van der Waals surface area contributed by atoms with Gasteiger partial charge in [-0.2, -0.15) is 0 Å². The number of hydrogen-bond donors (Lipinski definition) is 3. The number of nitrogens with zero attached hydrogens (tertiary/aromatic N) is 1. The normalized spacial score (nSPS) is 25.0. The lowest BCUT2D eigenvalue weighted by Crippen LogP contribution is -2.64. The summed E-state index contributed by atoms with van der Waals surface area (Å²) in [5.41, 5.74) is -0.668. The van der Waals surface area contributed by atoms with E-state index in [1.807, 2.05) is 51.1 Å². The summed E-state index contributed by atoms with van der Waals surface area (Å²) in [6.45, 7) is 14.4. The first-order chi connectivity index (χ1) is 24.8. The van der Waals surface area contributed by atoms with Crippen LogP contribution in [0.4, 0.5) is 4.79 Å². The van der Waals surface area contributed by atoms with Crippen molar-refractivity contribution in [3.63, 3.8) is 0 Å². The zero-order valence-corrected chi connectivity index (χ0v) is 33.2. The zero-order chi connectivity index (χ0) is 38.9. The maximum Gasteiger partial charge on any atom is 0.315 e. The Morgan fingerprint density at radius 3 is 2.17 bits per heavy atom. The number of carbonyl (C=O) groups is 5. The summed E-state index contributed by atoms with van der Waals surface area (Å²) in [5.74, 6) is -2.14. The first-order valence-corrected chi connectivity index (χ1v) is 21.1. The molecule has 1 saturated heterocycles. The summed E-state index contributed by atoms with van der Waals surface area (Å²) in [7, 11) is -3.58. The summed E-state index contributed by atoms with van der Waals surface area (Å²) in [5, 5.41) is 8.86. The number of sulfone groups is 1. The lowest BCUT2D eigenvalue weighted by Gasteiger charge is -2.41. The molecule has 4 aliphatic rings. The van der Waals surface area contributed by atoms with Crippen LogP contribution in [0.5, 0.6) is 0 Å². The predicted octanol–water partition coefficient (Wildman–Crippen LogP) is 5.25. The number of rotatable bonds is 15. The second kappa shape index (κ2) is 15.7. The molecule has 5 rings (SSSR count). The van der Waals surface area contributed by atoms with E-state index < -0.39 is 73.1 Å². The molecule has 0 radical (unpaired) electrons. The van der Waals surface area contributed by atoms with Gasteiger partial charge in [-0.25, -0.2) is 13.2 Å². The third-order valence-corrected chi connectivity index (χ3v) is 14.6. The van der Waals surface area contributed by atoms with Crippen molar-refractivity contribution in [2.24, 2.45) is 23.2 Å². The van der Waals surface area contributed by atoms with E-state index >= 15 is 0 Å². The molecule has 4 fully saturated rings. The SMILES string of the molecule is C=CCCC(=O)C(=O)C(CC1CC1)NC(=O)[C@@H]1[C@@H]2[C@H](CN1C(=O)[C@@H](NC(=O)NC1(CS(=O)(=O)C(C)(C)C)CCCCC1)C(C)(C)C)[C@@H]2c1ccccc1. The van der Waals surface area contributed by atoms with Crippen molar-refractivity contribution in [1.82, 2.24) is 20.9 Å². The highest BCUT2D eigenvalue weighted by Gasteiger charge is 2.65. The van der Waals surface area contributed by atoms with Crippen molar-refractivity contribution < 1.29 is 32.4 Å². The van der Waals surface area contributed by atoms with Crippen molar-refractivity contribution in [2.75, 3.05) is 12.3 Å². The summed E-state index contributed by atoms with van der Waals surface area (Å²) in [4.78, 5) is 70.7. The summed E-state index contributed by atoms with van der Waals surface area (Å²) in [6, 6.07) is 6.32. The first kappa shape index (κ1) is 40.6. The highest BCUT2D eigenvalue weighted by molar-refractivity contribution is 7.92. The number of amides is 4. The number of fused-ring (bicyclic) bond motifs is 1. The Bertz CT molecular complexity index is 1670. The van der Waals surface area contributed by atoms with Gasteiger partial charge in [-0.15, -0.1) is 6.58 Å². The maximum atomic E-state index is 14.7. The van der Waals surface area contributed by atoms with Gasteiger partial charge in [0.05, 0.1) is 22.1 Å². The van der Waals surface area contributed by atoms with Crippen LogP contribution in [0.1, 0.15) is 117 Å². The molecule has 53 heavy (non-hydrogen) atoms. The highest BCUT2D eigenvalue weighted by atomic mass is 32.2. The predicted molar refractivity (Wildman–Crippen MR) is 205 cm³/mol. The van der Waals surface area contributed by atoms with Gasteiger partial charge in [-0.05, 0) is 75.2 Å². The minimum Gasteiger partial charge on any atom is -0.344 e. The molecule has 1 aliphatic heterocycles.